The van der Waals surface area contributed by atoms with Gasteiger partial charge in [0.2, 0.25) is 0 Å². The van der Waals surface area contributed by atoms with Gasteiger partial charge in [0, 0.05) is 34.3 Å². The second-order valence-corrected chi connectivity index (χ2v) is 6.01. The summed E-state index contributed by atoms with van der Waals surface area (Å²) < 4.78 is 16.8. The standard InChI is InChI=1S/C21H18N2O3/c1-24-17-8-3-12(9-20(17)25-2)21-15-6-4-13(22)10-18(15)26-19-11-14(23)5-7-16(19)21/h3-11,22H,23H2,1-2H3. The fraction of sp³-hybridized carbons (Fsp3) is 0.0952. The summed E-state index contributed by atoms with van der Waals surface area (Å²) in [4.78, 5) is 0. The number of ether oxygens (including phenoxy) is 2. The third kappa shape index (κ3) is 2.54. The molecule has 1 heterocycles. The molecule has 3 N–H and O–H groups in total. The van der Waals surface area contributed by atoms with Gasteiger partial charge in [-0.15, -0.1) is 0 Å². The van der Waals surface area contributed by atoms with Gasteiger partial charge in [-0.05, 0) is 42.0 Å². The first-order valence-electron chi connectivity index (χ1n) is 8.14. The number of methoxy groups -OCH3 is 2. The molecule has 0 saturated carbocycles. The average molecular weight is 346 g/mol. The summed E-state index contributed by atoms with van der Waals surface area (Å²) in [5, 5.41) is 9.23. The minimum Gasteiger partial charge on any atom is -0.493 e. The quantitative estimate of drug-likeness (QED) is 0.428. The van der Waals surface area contributed by atoms with Gasteiger partial charge in [-0.1, -0.05) is 6.07 Å². The smallest absolute Gasteiger partial charge is 0.161 e. The van der Waals surface area contributed by atoms with E-state index in [0.717, 1.165) is 22.1 Å². The van der Waals surface area contributed by atoms with Crippen molar-refractivity contribution in [2.24, 2.45) is 0 Å². The number of nitrogens with two attached hydrogens (primary N) is 1. The van der Waals surface area contributed by atoms with E-state index in [4.69, 9.17) is 25.0 Å². The third-order valence-electron chi connectivity index (χ3n) is 4.42. The van der Waals surface area contributed by atoms with Crippen LogP contribution in [0.25, 0.3) is 33.4 Å². The zero-order valence-corrected chi connectivity index (χ0v) is 14.5. The number of anilines is 1. The molecule has 1 aliphatic heterocycles. The molecular weight excluding hydrogens is 328 g/mol. The van der Waals surface area contributed by atoms with Crippen LogP contribution in [-0.4, -0.2) is 14.2 Å². The van der Waals surface area contributed by atoms with Crippen molar-refractivity contribution in [1.29, 1.82) is 5.41 Å². The van der Waals surface area contributed by atoms with Crippen molar-refractivity contribution in [1.82, 2.24) is 0 Å². The molecule has 2 aromatic rings. The Labute approximate surface area is 150 Å². The molecule has 0 radical (unpaired) electrons. The van der Waals surface area contributed by atoms with Gasteiger partial charge >= 0.3 is 0 Å². The van der Waals surface area contributed by atoms with Crippen molar-refractivity contribution < 1.29 is 13.9 Å². The third-order valence-corrected chi connectivity index (χ3v) is 4.42. The zero-order chi connectivity index (χ0) is 18.3. The summed E-state index contributed by atoms with van der Waals surface area (Å²) in [6.45, 7) is 0. The molecule has 5 nitrogen and oxygen atoms in total. The van der Waals surface area contributed by atoms with Crippen LogP contribution in [0.3, 0.4) is 0 Å². The Balaban J connectivity index is 2.11. The van der Waals surface area contributed by atoms with Gasteiger partial charge in [-0.25, -0.2) is 0 Å². The number of hydrogen-bond acceptors (Lipinski definition) is 5. The Kier molecular flexibility index (Phi) is 3.77. The van der Waals surface area contributed by atoms with Crippen LogP contribution < -0.4 is 20.6 Å². The van der Waals surface area contributed by atoms with Crippen LogP contribution in [-0.2, 0) is 0 Å². The normalized spacial score (nSPS) is 11.0. The highest BCUT2D eigenvalue weighted by molar-refractivity contribution is 6.02. The SMILES string of the molecule is COc1ccc(-c2c3ccc(=N)cc-3oc3cc(N)ccc23)cc1OC. The molecule has 1 aliphatic carbocycles. The number of nitrogen functional groups attached to an aromatic ring is 1. The van der Waals surface area contributed by atoms with Gasteiger partial charge < -0.3 is 25.0 Å². The van der Waals surface area contributed by atoms with Crippen molar-refractivity contribution in [3.05, 3.63) is 60.0 Å². The lowest BCUT2D eigenvalue weighted by Gasteiger charge is -2.17. The molecule has 0 atom stereocenters. The minimum atomic E-state index is 0.391. The van der Waals surface area contributed by atoms with Crippen molar-refractivity contribution in [2.45, 2.75) is 0 Å². The number of benzene rings is 3. The van der Waals surface area contributed by atoms with Crippen LogP contribution in [0.4, 0.5) is 5.69 Å². The monoisotopic (exact) mass is 346 g/mol. The van der Waals surface area contributed by atoms with Crippen LogP contribution in [0.5, 0.6) is 11.5 Å². The second-order valence-electron chi connectivity index (χ2n) is 6.01. The molecule has 5 heteroatoms. The van der Waals surface area contributed by atoms with Crippen LogP contribution in [0.2, 0.25) is 0 Å². The Bertz CT molecular complexity index is 1150. The Morgan fingerprint density at radius 3 is 2.46 bits per heavy atom. The molecular formula is C21H18N2O3. The maximum absolute atomic E-state index is 7.90. The number of hydrogen-bond donors (Lipinski definition) is 2. The number of rotatable bonds is 3. The van der Waals surface area contributed by atoms with E-state index in [9.17, 15) is 0 Å². The van der Waals surface area contributed by atoms with Gasteiger partial charge in [0.05, 0.1) is 19.6 Å². The maximum atomic E-state index is 7.90. The largest absolute Gasteiger partial charge is 0.493 e. The van der Waals surface area contributed by atoms with E-state index in [0.29, 0.717) is 33.9 Å². The first-order valence-corrected chi connectivity index (χ1v) is 8.14. The van der Waals surface area contributed by atoms with E-state index in [1.165, 1.54) is 0 Å². The van der Waals surface area contributed by atoms with E-state index >= 15 is 0 Å². The molecule has 4 rings (SSSR count). The van der Waals surface area contributed by atoms with Crippen LogP contribution in [0.15, 0.2) is 59.0 Å². The molecule has 0 unspecified atom stereocenters. The van der Waals surface area contributed by atoms with E-state index in [-0.39, 0.29) is 0 Å². The molecule has 0 spiro atoms. The predicted molar refractivity (Wildman–Crippen MR) is 102 cm³/mol. The summed E-state index contributed by atoms with van der Waals surface area (Å²) in [6, 6.07) is 16.8. The lowest BCUT2D eigenvalue weighted by molar-refractivity contribution is 0.355. The first-order chi connectivity index (χ1) is 12.6. The second kappa shape index (κ2) is 6.11. The van der Waals surface area contributed by atoms with Gasteiger partial charge in [-0.2, -0.15) is 0 Å². The van der Waals surface area contributed by atoms with Gasteiger partial charge in [0.15, 0.2) is 11.5 Å². The number of nitrogens with one attached hydrogen (secondary N) is 1. The van der Waals surface area contributed by atoms with Gasteiger partial charge in [-0.3, -0.25) is 0 Å². The van der Waals surface area contributed by atoms with Crippen LogP contribution >= 0.6 is 0 Å². The van der Waals surface area contributed by atoms with E-state index in [1.54, 1.807) is 32.4 Å². The molecule has 2 aliphatic rings. The first kappa shape index (κ1) is 16.0. The van der Waals surface area contributed by atoms with Crippen molar-refractivity contribution in [2.75, 3.05) is 20.0 Å². The molecule has 0 amide bonds. The fourth-order valence-electron chi connectivity index (χ4n) is 3.21. The molecule has 26 heavy (non-hydrogen) atoms. The molecule has 0 fully saturated rings. The Hall–Kier alpha value is -3.47. The molecule has 130 valence electrons. The van der Waals surface area contributed by atoms with Crippen molar-refractivity contribution in [3.63, 3.8) is 0 Å². The zero-order valence-electron chi connectivity index (χ0n) is 14.5. The summed E-state index contributed by atoms with van der Waals surface area (Å²) in [7, 11) is 3.23. The molecule has 0 bridgehead atoms. The Morgan fingerprint density at radius 2 is 1.69 bits per heavy atom. The lowest BCUT2D eigenvalue weighted by Crippen LogP contribution is -2.00. The van der Waals surface area contributed by atoms with E-state index in [1.807, 2.05) is 36.4 Å². The van der Waals surface area contributed by atoms with Crippen LogP contribution in [0, 0.1) is 5.41 Å². The molecule has 0 aromatic heterocycles. The predicted octanol–water partition coefficient (Wildman–Crippen LogP) is 4.28. The van der Waals surface area contributed by atoms with E-state index < -0.39 is 0 Å². The highest BCUT2D eigenvalue weighted by Crippen LogP contribution is 2.42. The number of fused-ring (bicyclic) bond motifs is 2. The summed E-state index contributed by atoms with van der Waals surface area (Å²) in [6.07, 6.45) is 0. The van der Waals surface area contributed by atoms with Crippen molar-refractivity contribution in [3.8, 4) is 33.9 Å². The minimum absolute atomic E-state index is 0.391. The highest BCUT2D eigenvalue weighted by Gasteiger charge is 2.18. The average Bonchev–Trinajstić information content (AvgIpc) is 2.65. The topological polar surface area (TPSA) is 81.5 Å². The van der Waals surface area contributed by atoms with E-state index in [2.05, 4.69) is 0 Å². The maximum Gasteiger partial charge on any atom is 0.161 e. The van der Waals surface area contributed by atoms with Crippen LogP contribution in [0.1, 0.15) is 0 Å². The highest BCUT2D eigenvalue weighted by atomic mass is 16.5. The lowest BCUT2D eigenvalue weighted by atomic mass is 9.93. The summed E-state index contributed by atoms with van der Waals surface area (Å²) in [5.41, 5.74) is 10.1. The summed E-state index contributed by atoms with van der Waals surface area (Å²) >= 11 is 0. The van der Waals surface area contributed by atoms with Crippen molar-refractivity contribution >= 4 is 16.7 Å². The van der Waals surface area contributed by atoms with Gasteiger partial charge in [0.1, 0.15) is 11.3 Å². The fourth-order valence-corrected chi connectivity index (χ4v) is 3.21. The summed E-state index contributed by atoms with van der Waals surface area (Å²) in [5.74, 6) is 1.96. The molecule has 0 saturated heterocycles. The Morgan fingerprint density at radius 1 is 0.885 bits per heavy atom. The molecule has 2 aromatic carbocycles. The van der Waals surface area contributed by atoms with Gasteiger partial charge in [0.25, 0.3) is 0 Å².